The third kappa shape index (κ3) is 5.20. The van der Waals surface area contributed by atoms with Crippen molar-refractivity contribution in [1.82, 2.24) is 5.32 Å². The van der Waals surface area contributed by atoms with Crippen LogP contribution in [0.25, 0.3) is 0 Å². The molecule has 132 valence electrons. The molecule has 2 rings (SSSR count). The highest BCUT2D eigenvalue weighted by Crippen LogP contribution is 2.35. The topological polar surface area (TPSA) is 39.7 Å². The molecule has 2 aromatic rings. The number of hydrogen-bond donors (Lipinski definition) is 1. The van der Waals surface area contributed by atoms with Gasteiger partial charge in [-0.25, -0.2) is 0 Å². The smallest absolute Gasteiger partial charge is 0.179 e. The van der Waals surface area contributed by atoms with Crippen LogP contribution in [0.2, 0.25) is 5.02 Å². The maximum atomic E-state index is 6.21. The third-order valence-corrected chi connectivity index (χ3v) is 3.87. The van der Waals surface area contributed by atoms with Crippen LogP contribution in [0.1, 0.15) is 11.1 Å². The summed E-state index contributed by atoms with van der Waals surface area (Å²) < 4.78 is 15.9. The molecule has 0 atom stereocenters. The molecule has 4 nitrogen and oxygen atoms in total. The number of benzene rings is 2. The van der Waals surface area contributed by atoms with Gasteiger partial charge in [-0.2, -0.15) is 0 Å². The first kappa shape index (κ1) is 20.4. The van der Waals surface area contributed by atoms with E-state index >= 15 is 0 Å². The Kier molecular flexibility index (Phi) is 8.76. The molecular weight excluding hydrogens is 349 g/mol. The van der Waals surface area contributed by atoms with Gasteiger partial charge in [0.1, 0.15) is 5.75 Å². The fourth-order valence-corrected chi connectivity index (χ4v) is 2.75. The minimum Gasteiger partial charge on any atom is -0.496 e. The average molecular weight is 372 g/mol. The summed E-state index contributed by atoms with van der Waals surface area (Å²) in [6.07, 6.45) is 0.894. The summed E-state index contributed by atoms with van der Waals surface area (Å²) in [7, 11) is 4.87. The lowest BCUT2D eigenvalue weighted by molar-refractivity contribution is 0.354. The second kappa shape index (κ2) is 10.3. The zero-order chi connectivity index (χ0) is 16.7. The van der Waals surface area contributed by atoms with Crippen molar-refractivity contribution in [3.63, 3.8) is 0 Å². The minimum absolute atomic E-state index is 0. The SMILES string of the molecule is COc1ccccc1CCNCc1cc(Cl)c(OC)c(OC)c1.Cl. The molecule has 0 heterocycles. The molecule has 0 unspecified atom stereocenters. The average Bonchev–Trinajstić information content (AvgIpc) is 2.58. The van der Waals surface area contributed by atoms with Crippen LogP contribution in [0.15, 0.2) is 36.4 Å². The van der Waals surface area contributed by atoms with Crippen LogP contribution >= 0.6 is 24.0 Å². The number of nitrogens with one attached hydrogen (secondary N) is 1. The molecule has 0 bridgehead atoms. The van der Waals surface area contributed by atoms with E-state index in [-0.39, 0.29) is 12.4 Å². The molecule has 0 aromatic heterocycles. The maximum Gasteiger partial charge on any atom is 0.179 e. The molecule has 0 radical (unpaired) electrons. The van der Waals surface area contributed by atoms with Crippen LogP contribution in [0.4, 0.5) is 0 Å². The summed E-state index contributed by atoms with van der Waals surface area (Å²) in [5.41, 5.74) is 2.24. The van der Waals surface area contributed by atoms with Gasteiger partial charge >= 0.3 is 0 Å². The van der Waals surface area contributed by atoms with Gasteiger partial charge in [0.15, 0.2) is 11.5 Å². The summed E-state index contributed by atoms with van der Waals surface area (Å²) >= 11 is 6.21. The van der Waals surface area contributed by atoms with Gasteiger partial charge in [-0.3, -0.25) is 0 Å². The molecule has 1 N–H and O–H groups in total. The summed E-state index contributed by atoms with van der Waals surface area (Å²) in [4.78, 5) is 0. The second-order valence-corrected chi connectivity index (χ2v) is 5.46. The molecule has 0 aliphatic heterocycles. The van der Waals surface area contributed by atoms with E-state index in [1.54, 1.807) is 21.3 Å². The molecule has 2 aromatic carbocycles. The summed E-state index contributed by atoms with van der Waals surface area (Å²) in [5, 5.41) is 3.96. The van der Waals surface area contributed by atoms with Gasteiger partial charge in [0.25, 0.3) is 0 Å². The number of ether oxygens (including phenoxy) is 3. The van der Waals surface area contributed by atoms with Gasteiger partial charge in [0.05, 0.1) is 26.4 Å². The zero-order valence-corrected chi connectivity index (χ0v) is 15.7. The monoisotopic (exact) mass is 371 g/mol. The lowest BCUT2D eigenvalue weighted by Crippen LogP contribution is -2.17. The number of hydrogen-bond acceptors (Lipinski definition) is 4. The van der Waals surface area contributed by atoms with Gasteiger partial charge in [0, 0.05) is 6.54 Å². The highest BCUT2D eigenvalue weighted by Gasteiger charge is 2.10. The van der Waals surface area contributed by atoms with E-state index in [0.717, 1.165) is 24.3 Å². The molecule has 0 spiro atoms. The lowest BCUT2D eigenvalue weighted by Gasteiger charge is -2.13. The van der Waals surface area contributed by atoms with Crippen molar-refractivity contribution in [2.45, 2.75) is 13.0 Å². The van der Waals surface area contributed by atoms with Crippen LogP contribution in [0.3, 0.4) is 0 Å². The van der Waals surface area contributed by atoms with Crippen LogP contribution in [-0.4, -0.2) is 27.9 Å². The standard InChI is InChI=1S/C18H22ClNO3.ClH/c1-21-16-7-5-4-6-14(16)8-9-20-12-13-10-15(19)18(23-3)17(11-13)22-2;/h4-7,10-11,20H,8-9,12H2,1-3H3;1H. The van der Waals surface area contributed by atoms with Gasteiger partial charge < -0.3 is 19.5 Å². The molecule has 0 fully saturated rings. The highest BCUT2D eigenvalue weighted by atomic mass is 35.5. The van der Waals surface area contributed by atoms with E-state index in [1.165, 1.54) is 5.56 Å². The molecular formula is C18H23Cl2NO3. The Morgan fingerprint density at radius 3 is 2.33 bits per heavy atom. The van der Waals surface area contributed by atoms with E-state index in [1.807, 2.05) is 30.3 Å². The fourth-order valence-electron chi connectivity index (χ4n) is 2.44. The molecule has 0 aliphatic rings. The molecule has 6 heteroatoms. The largest absolute Gasteiger partial charge is 0.496 e. The van der Waals surface area contributed by atoms with Crippen LogP contribution in [0.5, 0.6) is 17.2 Å². The van der Waals surface area contributed by atoms with Crippen molar-refractivity contribution in [1.29, 1.82) is 0 Å². The van der Waals surface area contributed by atoms with Gasteiger partial charge in [0.2, 0.25) is 0 Å². The molecule has 0 saturated carbocycles. The quantitative estimate of drug-likeness (QED) is 0.708. The normalized spacial score (nSPS) is 10.0. The van der Waals surface area contributed by atoms with E-state index in [0.29, 0.717) is 23.1 Å². The van der Waals surface area contributed by atoms with Gasteiger partial charge in [-0.15, -0.1) is 12.4 Å². The van der Waals surface area contributed by atoms with Gasteiger partial charge in [-0.1, -0.05) is 29.8 Å². The van der Waals surface area contributed by atoms with Crippen LogP contribution < -0.4 is 19.5 Å². The van der Waals surface area contributed by atoms with E-state index in [9.17, 15) is 0 Å². The summed E-state index contributed by atoms with van der Waals surface area (Å²) in [5.74, 6) is 2.12. The minimum atomic E-state index is 0. The van der Waals surface area contributed by atoms with E-state index in [2.05, 4.69) is 11.4 Å². The van der Waals surface area contributed by atoms with Crippen molar-refractivity contribution in [3.8, 4) is 17.2 Å². The first-order valence-corrected chi connectivity index (χ1v) is 7.80. The summed E-state index contributed by atoms with van der Waals surface area (Å²) in [6, 6.07) is 11.9. The lowest BCUT2D eigenvalue weighted by atomic mass is 10.1. The van der Waals surface area contributed by atoms with Crippen molar-refractivity contribution in [2.24, 2.45) is 0 Å². The van der Waals surface area contributed by atoms with Crippen molar-refractivity contribution in [2.75, 3.05) is 27.9 Å². The Bertz CT molecular complexity index is 650. The van der Waals surface area contributed by atoms with E-state index < -0.39 is 0 Å². The Morgan fingerprint density at radius 2 is 1.67 bits per heavy atom. The van der Waals surface area contributed by atoms with Crippen LogP contribution in [-0.2, 0) is 13.0 Å². The fraction of sp³-hybridized carbons (Fsp3) is 0.333. The number of methoxy groups -OCH3 is 3. The molecule has 0 aliphatic carbocycles. The van der Waals surface area contributed by atoms with E-state index in [4.69, 9.17) is 25.8 Å². The van der Waals surface area contributed by atoms with Gasteiger partial charge in [-0.05, 0) is 42.3 Å². The van der Waals surface area contributed by atoms with Crippen LogP contribution in [0, 0.1) is 0 Å². The number of rotatable bonds is 8. The van der Waals surface area contributed by atoms with Crippen molar-refractivity contribution >= 4 is 24.0 Å². The third-order valence-electron chi connectivity index (χ3n) is 3.59. The second-order valence-electron chi connectivity index (χ2n) is 5.05. The summed E-state index contributed by atoms with van der Waals surface area (Å²) in [6.45, 7) is 1.54. The first-order valence-electron chi connectivity index (χ1n) is 7.42. The van der Waals surface area contributed by atoms with Crippen molar-refractivity contribution < 1.29 is 14.2 Å². The Balaban J connectivity index is 0.00000288. The highest BCUT2D eigenvalue weighted by molar-refractivity contribution is 6.32. The maximum absolute atomic E-state index is 6.21. The zero-order valence-electron chi connectivity index (χ0n) is 14.1. The molecule has 24 heavy (non-hydrogen) atoms. The molecule has 0 saturated heterocycles. The predicted octanol–water partition coefficient (Wildman–Crippen LogP) is 4.12. The number of halogens is 2. The molecule has 0 amide bonds. The Hall–Kier alpha value is -1.62. The Labute approximate surface area is 154 Å². The van der Waals surface area contributed by atoms with Crippen molar-refractivity contribution in [3.05, 3.63) is 52.5 Å². The Morgan fingerprint density at radius 1 is 0.958 bits per heavy atom. The predicted molar refractivity (Wildman–Crippen MR) is 100 cm³/mol. The first-order chi connectivity index (χ1) is 11.2. The number of para-hydroxylation sites is 1.